The highest BCUT2D eigenvalue weighted by Gasteiger charge is 2.08. The first-order valence-electron chi connectivity index (χ1n) is 4.84. The second-order valence-electron chi connectivity index (χ2n) is 3.02. The average Bonchev–Trinajstić information content (AvgIpc) is 2.75. The van der Waals surface area contributed by atoms with Gasteiger partial charge in [0.2, 0.25) is 0 Å². The van der Waals surface area contributed by atoms with Gasteiger partial charge in [-0.2, -0.15) is 0 Å². The van der Waals surface area contributed by atoms with Crippen LogP contribution in [0, 0.1) is 10.1 Å². The van der Waals surface area contributed by atoms with Crippen molar-refractivity contribution in [3.8, 4) is 0 Å². The number of nitrogens with zero attached hydrogens (tertiary/aromatic N) is 2. The quantitative estimate of drug-likeness (QED) is 0.378. The molecule has 8 heteroatoms. The molecule has 0 fully saturated rings. The summed E-state index contributed by atoms with van der Waals surface area (Å²) in [5.41, 5.74) is 0.519. The van der Waals surface area contributed by atoms with Crippen molar-refractivity contribution >= 4 is 28.6 Å². The second-order valence-corrected chi connectivity index (χ2v) is 3.91. The summed E-state index contributed by atoms with van der Waals surface area (Å²) in [6, 6.07) is 1.35. The molecule has 1 N–H and O–H groups in total. The fourth-order valence-corrected chi connectivity index (χ4v) is 1.57. The Hall–Kier alpha value is -1.96. The van der Waals surface area contributed by atoms with E-state index in [1.54, 1.807) is 5.38 Å². The van der Waals surface area contributed by atoms with E-state index in [9.17, 15) is 14.9 Å². The first-order chi connectivity index (χ1) is 8.13. The van der Waals surface area contributed by atoms with Crippen LogP contribution in [0.15, 0.2) is 16.6 Å². The minimum absolute atomic E-state index is 0.0156. The zero-order valence-electron chi connectivity index (χ0n) is 9.08. The molecule has 1 aromatic rings. The van der Waals surface area contributed by atoms with Crippen LogP contribution in [-0.2, 0) is 4.84 Å². The number of hydrogen-bond acceptors (Lipinski definition) is 6. The first kappa shape index (κ1) is 13.1. The second kappa shape index (κ2) is 6.59. The molecule has 1 amide bonds. The van der Waals surface area contributed by atoms with Gasteiger partial charge in [0.25, 0.3) is 0 Å². The van der Waals surface area contributed by atoms with Crippen LogP contribution in [0.4, 0.5) is 9.80 Å². The van der Waals surface area contributed by atoms with Crippen molar-refractivity contribution in [1.82, 2.24) is 5.32 Å². The van der Waals surface area contributed by atoms with Gasteiger partial charge < -0.3 is 5.32 Å². The number of nitrogens with one attached hydrogen (secondary N) is 1. The van der Waals surface area contributed by atoms with Gasteiger partial charge in [0.15, 0.2) is 0 Å². The molecule has 0 aliphatic carbocycles. The number of amides is 1. The van der Waals surface area contributed by atoms with E-state index in [1.807, 2.05) is 6.92 Å². The van der Waals surface area contributed by atoms with E-state index in [4.69, 9.17) is 0 Å². The molecular weight excluding hydrogens is 246 g/mol. The maximum atomic E-state index is 11.0. The molecule has 0 aromatic carbocycles. The maximum absolute atomic E-state index is 11.0. The third-order valence-electron chi connectivity index (χ3n) is 1.64. The van der Waals surface area contributed by atoms with Crippen molar-refractivity contribution in [2.75, 3.05) is 6.54 Å². The van der Waals surface area contributed by atoms with Crippen molar-refractivity contribution in [2.45, 2.75) is 13.3 Å². The van der Waals surface area contributed by atoms with E-state index >= 15 is 0 Å². The molecule has 0 saturated heterocycles. The number of thiophene rings is 1. The van der Waals surface area contributed by atoms with Crippen molar-refractivity contribution in [1.29, 1.82) is 0 Å². The van der Waals surface area contributed by atoms with Gasteiger partial charge in [-0.25, -0.2) is 4.79 Å². The lowest BCUT2D eigenvalue weighted by molar-refractivity contribution is -0.380. The Kier molecular flexibility index (Phi) is 5.08. The summed E-state index contributed by atoms with van der Waals surface area (Å²) in [5, 5.41) is 17.8. The third kappa shape index (κ3) is 4.60. The molecule has 1 rings (SSSR count). The molecule has 1 aromatic heterocycles. The molecule has 1 heterocycles. The van der Waals surface area contributed by atoms with Gasteiger partial charge >= 0.3 is 11.1 Å². The normalized spacial score (nSPS) is 10.4. The predicted octanol–water partition coefficient (Wildman–Crippen LogP) is 2.13. The molecule has 0 saturated carbocycles. The first-order valence-corrected chi connectivity index (χ1v) is 5.72. The third-order valence-corrected chi connectivity index (χ3v) is 2.54. The molecule has 7 nitrogen and oxygen atoms in total. The van der Waals surface area contributed by atoms with Crippen molar-refractivity contribution in [3.05, 3.63) is 27.1 Å². The largest absolute Gasteiger partial charge is 0.433 e. The Labute approximate surface area is 101 Å². The van der Waals surface area contributed by atoms with E-state index in [0.717, 1.165) is 17.8 Å². The van der Waals surface area contributed by atoms with Crippen LogP contribution in [0.2, 0.25) is 0 Å². The maximum Gasteiger partial charge on any atom is 0.433 e. The minimum Gasteiger partial charge on any atom is -0.320 e. The summed E-state index contributed by atoms with van der Waals surface area (Å²) in [6.45, 7) is 2.42. The number of carbonyl (C=O) groups excluding carboxylic acids is 1. The van der Waals surface area contributed by atoms with Crippen molar-refractivity contribution < 1.29 is 14.6 Å². The Bertz CT molecular complexity index is 430. The van der Waals surface area contributed by atoms with Crippen LogP contribution >= 0.6 is 11.3 Å². The lowest BCUT2D eigenvalue weighted by atomic mass is 10.4. The summed E-state index contributed by atoms with van der Waals surface area (Å²) >= 11 is 0.984. The smallest absolute Gasteiger partial charge is 0.320 e. The highest BCUT2D eigenvalue weighted by molar-refractivity contribution is 7.13. The Morgan fingerprint density at radius 1 is 1.76 bits per heavy atom. The van der Waals surface area contributed by atoms with Crippen molar-refractivity contribution in [3.63, 3.8) is 0 Å². The van der Waals surface area contributed by atoms with Gasteiger partial charge in [-0.3, -0.25) is 15.0 Å². The van der Waals surface area contributed by atoms with Crippen LogP contribution in [0.1, 0.15) is 18.9 Å². The number of nitro groups is 1. The molecule has 0 unspecified atom stereocenters. The molecule has 0 aliphatic rings. The molecule has 0 atom stereocenters. The molecule has 17 heavy (non-hydrogen) atoms. The molecule has 0 spiro atoms. The highest BCUT2D eigenvalue weighted by atomic mass is 32.1. The number of oxime groups is 1. The fraction of sp³-hybridized carbons (Fsp3) is 0.333. The highest BCUT2D eigenvalue weighted by Crippen LogP contribution is 2.21. The summed E-state index contributed by atoms with van der Waals surface area (Å²) in [7, 11) is 0. The number of rotatable bonds is 5. The number of hydrogen-bond donors (Lipinski definition) is 1. The standard InChI is InChI=1S/C9H11N3O4S/c1-2-3-10-9(13)16-11-5-7-4-8(12(14)15)17-6-7/h4-6H,2-3H2,1H3,(H,10,13)/b11-5+. The van der Waals surface area contributed by atoms with Crippen LogP contribution < -0.4 is 5.32 Å². The minimum atomic E-state index is -0.646. The van der Waals surface area contributed by atoms with Gasteiger partial charge in [-0.1, -0.05) is 23.4 Å². The molecular formula is C9H11N3O4S. The van der Waals surface area contributed by atoms with E-state index in [1.165, 1.54) is 12.3 Å². The molecule has 0 bridgehead atoms. The van der Waals surface area contributed by atoms with E-state index < -0.39 is 11.0 Å². The molecule has 0 aliphatic heterocycles. The predicted molar refractivity (Wildman–Crippen MR) is 63.3 cm³/mol. The van der Waals surface area contributed by atoms with Crippen LogP contribution in [0.3, 0.4) is 0 Å². The van der Waals surface area contributed by atoms with Gasteiger partial charge in [0.1, 0.15) is 0 Å². The Morgan fingerprint density at radius 3 is 3.12 bits per heavy atom. The topological polar surface area (TPSA) is 93.8 Å². The van der Waals surface area contributed by atoms with E-state index in [2.05, 4.69) is 15.3 Å². The monoisotopic (exact) mass is 257 g/mol. The van der Waals surface area contributed by atoms with Gasteiger partial charge in [-0.15, -0.1) is 0 Å². The SMILES string of the molecule is CCCNC(=O)O/N=C/c1csc([N+](=O)[O-])c1. The average molecular weight is 257 g/mol. The fourth-order valence-electron chi connectivity index (χ4n) is 0.897. The zero-order valence-corrected chi connectivity index (χ0v) is 9.90. The van der Waals surface area contributed by atoms with Gasteiger partial charge in [0, 0.05) is 23.6 Å². The van der Waals surface area contributed by atoms with E-state index in [-0.39, 0.29) is 5.00 Å². The molecule has 0 radical (unpaired) electrons. The Morgan fingerprint density at radius 2 is 2.53 bits per heavy atom. The summed E-state index contributed by atoms with van der Waals surface area (Å²) in [4.78, 5) is 25.3. The lowest BCUT2D eigenvalue weighted by Crippen LogP contribution is -2.23. The summed E-state index contributed by atoms with van der Waals surface area (Å²) < 4.78 is 0. The zero-order chi connectivity index (χ0) is 12.7. The van der Waals surface area contributed by atoms with Crippen molar-refractivity contribution in [2.24, 2.45) is 5.16 Å². The van der Waals surface area contributed by atoms with Crippen LogP contribution in [0.5, 0.6) is 0 Å². The van der Waals surface area contributed by atoms with Gasteiger partial charge in [-0.05, 0) is 6.42 Å². The lowest BCUT2D eigenvalue weighted by Gasteiger charge is -1.98. The van der Waals surface area contributed by atoms with E-state index in [0.29, 0.717) is 12.1 Å². The summed E-state index contributed by atoms with van der Waals surface area (Å²) in [6.07, 6.45) is 1.40. The summed E-state index contributed by atoms with van der Waals surface area (Å²) in [5.74, 6) is 0. The van der Waals surface area contributed by atoms with Crippen LogP contribution in [-0.4, -0.2) is 23.8 Å². The molecule has 92 valence electrons. The Balaban J connectivity index is 2.42. The van der Waals surface area contributed by atoms with Gasteiger partial charge in [0.05, 0.1) is 11.1 Å². The number of carbonyl (C=O) groups is 1. The van der Waals surface area contributed by atoms with Crippen LogP contribution in [0.25, 0.3) is 0 Å².